The average molecular weight is 423 g/mol. The molecule has 0 unspecified atom stereocenters. The summed E-state index contributed by atoms with van der Waals surface area (Å²) < 4.78 is 15.7. The van der Waals surface area contributed by atoms with Crippen molar-refractivity contribution in [2.45, 2.75) is 19.4 Å². The number of para-hydroxylation sites is 1. The number of carbonyl (C=O) groups is 3. The zero-order chi connectivity index (χ0) is 21.8. The molecule has 1 aliphatic heterocycles. The first-order valence-electron chi connectivity index (χ1n) is 9.68. The Morgan fingerprint density at radius 3 is 2.77 bits per heavy atom. The molecule has 4 rings (SSSR count). The van der Waals surface area contributed by atoms with E-state index in [1.165, 1.54) is 6.92 Å². The van der Waals surface area contributed by atoms with Crippen LogP contribution in [0.1, 0.15) is 12.5 Å². The highest BCUT2D eigenvalue weighted by Crippen LogP contribution is 2.34. The number of rotatable bonds is 7. The van der Waals surface area contributed by atoms with E-state index < -0.39 is 24.5 Å². The summed E-state index contributed by atoms with van der Waals surface area (Å²) in [7, 11) is 0. The van der Waals surface area contributed by atoms with Gasteiger partial charge in [-0.15, -0.1) is 0 Å². The predicted molar refractivity (Wildman–Crippen MR) is 112 cm³/mol. The molecule has 1 aromatic heterocycles. The Bertz CT molecular complexity index is 1140. The summed E-state index contributed by atoms with van der Waals surface area (Å²) in [5, 5.41) is 6.18. The van der Waals surface area contributed by atoms with E-state index in [1.54, 1.807) is 24.4 Å². The monoisotopic (exact) mass is 423 g/mol. The van der Waals surface area contributed by atoms with Crippen LogP contribution in [0.2, 0.25) is 0 Å². The van der Waals surface area contributed by atoms with E-state index in [1.807, 2.05) is 24.3 Å². The van der Waals surface area contributed by atoms with Gasteiger partial charge in [-0.05, 0) is 23.8 Å². The first kappa shape index (κ1) is 20.3. The van der Waals surface area contributed by atoms with Crippen LogP contribution in [0.15, 0.2) is 48.7 Å². The number of hydrogen-bond donors (Lipinski definition) is 3. The van der Waals surface area contributed by atoms with Gasteiger partial charge in [0.2, 0.25) is 12.7 Å². The zero-order valence-electron chi connectivity index (χ0n) is 16.8. The lowest BCUT2D eigenvalue weighted by molar-refractivity contribution is -0.150. The standard InChI is InChI=1S/C22H21N3O6/c1-13(26)24-18(8-14-10-23-17-5-3-2-4-16(14)17)22(28)29-11-21(27)25-15-6-7-19-20(9-15)31-12-30-19/h2-7,9-10,18,23H,8,11-12H2,1H3,(H,24,26)(H,25,27)/t18-/m0/s1. The summed E-state index contributed by atoms with van der Waals surface area (Å²) in [6, 6.07) is 11.7. The highest BCUT2D eigenvalue weighted by atomic mass is 16.7. The summed E-state index contributed by atoms with van der Waals surface area (Å²) in [6.45, 7) is 0.963. The third-order valence-electron chi connectivity index (χ3n) is 4.76. The van der Waals surface area contributed by atoms with E-state index in [-0.39, 0.29) is 19.1 Å². The van der Waals surface area contributed by atoms with Gasteiger partial charge < -0.3 is 29.8 Å². The molecule has 0 saturated heterocycles. The second-order valence-electron chi connectivity index (χ2n) is 7.04. The molecule has 1 aliphatic rings. The maximum Gasteiger partial charge on any atom is 0.329 e. The summed E-state index contributed by atoms with van der Waals surface area (Å²) in [5.74, 6) is -0.451. The molecular formula is C22H21N3O6. The van der Waals surface area contributed by atoms with Crippen LogP contribution in [0.5, 0.6) is 11.5 Å². The molecule has 0 spiro atoms. The highest BCUT2D eigenvalue weighted by molar-refractivity contribution is 5.94. The molecule has 0 aliphatic carbocycles. The lowest BCUT2D eigenvalue weighted by Crippen LogP contribution is -2.43. The number of ether oxygens (including phenoxy) is 3. The van der Waals surface area contributed by atoms with Crippen molar-refractivity contribution in [2.75, 3.05) is 18.7 Å². The Balaban J connectivity index is 1.37. The fraction of sp³-hybridized carbons (Fsp3) is 0.227. The SMILES string of the molecule is CC(=O)N[C@@H](Cc1c[nH]c2ccccc12)C(=O)OCC(=O)Nc1ccc2c(c1)OCO2. The van der Waals surface area contributed by atoms with E-state index >= 15 is 0 Å². The van der Waals surface area contributed by atoms with Gasteiger partial charge in [0.05, 0.1) is 0 Å². The van der Waals surface area contributed by atoms with Gasteiger partial charge in [-0.3, -0.25) is 9.59 Å². The molecule has 9 nitrogen and oxygen atoms in total. The minimum absolute atomic E-state index is 0.130. The lowest BCUT2D eigenvalue weighted by atomic mass is 10.0. The van der Waals surface area contributed by atoms with E-state index in [0.29, 0.717) is 17.2 Å². The zero-order valence-corrected chi connectivity index (χ0v) is 16.8. The summed E-state index contributed by atoms with van der Waals surface area (Å²) >= 11 is 0. The van der Waals surface area contributed by atoms with Crippen LogP contribution in [0.3, 0.4) is 0 Å². The maximum absolute atomic E-state index is 12.6. The fourth-order valence-corrected chi connectivity index (χ4v) is 3.37. The van der Waals surface area contributed by atoms with E-state index in [2.05, 4.69) is 15.6 Å². The van der Waals surface area contributed by atoms with E-state index in [4.69, 9.17) is 14.2 Å². The van der Waals surface area contributed by atoms with Crippen molar-refractivity contribution in [3.05, 3.63) is 54.2 Å². The molecule has 0 bridgehead atoms. The molecule has 160 valence electrons. The van der Waals surface area contributed by atoms with Gasteiger partial charge in [0, 0.05) is 42.2 Å². The van der Waals surface area contributed by atoms with Gasteiger partial charge in [-0.1, -0.05) is 18.2 Å². The number of H-pyrrole nitrogens is 1. The van der Waals surface area contributed by atoms with Crippen molar-refractivity contribution >= 4 is 34.4 Å². The molecule has 1 atom stereocenters. The molecule has 0 fully saturated rings. The predicted octanol–water partition coefficient (Wildman–Crippen LogP) is 2.13. The molecular weight excluding hydrogens is 402 g/mol. The van der Waals surface area contributed by atoms with Gasteiger partial charge in [0.1, 0.15) is 6.04 Å². The van der Waals surface area contributed by atoms with Crippen LogP contribution in [-0.2, 0) is 25.5 Å². The van der Waals surface area contributed by atoms with Crippen LogP contribution >= 0.6 is 0 Å². The van der Waals surface area contributed by atoms with Crippen molar-refractivity contribution in [1.29, 1.82) is 0 Å². The number of aromatic amines is 1. The number of hydrogen-bond acceptors (Lipinski definition) is 6. The molecule has 3 N–H and O–H groups in total. The van der Waals surface area contributed by atoms with Gasteiger partial charge in [0.15, 0.2) is 18.1 Å². The minimum atomic E-state index is -0.921. The van der Waals surface area contributed by atoms with Crippen LogP contribution in [0.25, 0.3) is 10.9 Å². The third kappa shape index (κ3) is 4.77. The average Bonchev–Trinajstić information content (AvgIpc) is 3.38. The van der Waals surface area contributed by atoms with Gasteiger partial charge in [-0.25, -0.2) is 4.79 Å². The van der Waals surface area contributed by atoms with E-state index in [0.717, 1.165) is 16.5 Å². The molecule has 3 aromatic rings. The van der Waals surface area contributed by atoms with Crippen LogP contribution in [0.4, 0.5) is 5.69 Å². The number of anilines is 1. The number of benzene rings is 2. The minimum Gasteiger partial charge on any atom is -0.454 e. The van der Waals surface area contributed by atoms with Crippen LogP contribution < -0.4 is 20.1 Å². The lowest BCUT2D eigenvalue weighted by Gasteiger charge is -2.16. The summed E-state index contributed by atoms with van der Waals surface area (Å²) in [5.41, 5.74) is 2.27. The number of nitrogens with one attached hydrogen (secondary N) is 3. The second-order valence-corrected chi connectivity index (χ2v) is 7.04. The molecule has 0 saturated carbocycles. The van der Waals surface area contributed by atoms with Crippen molar-refractivity contribution in [2.24, 2.45) is 0 Å². The molecule has 31 heavy (non-hydrogen) atoms. The Morgan fingerprint density at radius 1 is 1.13 bits per heavy atom. The number of carbonyl (C=O) groups excluding carboxylic acids is 3. The Labute approximate surface area is 177 Å². The first-order valence-corrected chi connectivity index (χ1v) is 9.68. The Hall–Kier alpha value is -4.01. The maximum atomic E-state index is 12.6. The van der Waals surface area contributed by atoms with Crippen molar-refractivity contribution in [3.63, 3.8) is 0 Å². The van der Waals surface area contributed by atoms with Crippen LogP contribution in [-0.4, -0.2) is 42.2 Å². The Kier molecular flexibility index (Phi) is 5.74. The first-order chi connectivity index (χ1) is 15.0. The van der Waals surface area contributed by atoms with Crippen molar-refractivity contribution in [3.8, 4) is 11.5 Å². The summed E-state index contributed by atoms with van der Waals surface area (Å²) in [4.78, 5) is 39.5. The number of esters is 1. The number of aromatic nitrogens is 1. The molecule has 2 amide bonds. The largest absolute Gasteiger partial charge is 0.454 e. The normalized spacial score (nSPS) is 12.9. The smallest absolute Gasteiger partial charge is 0.329 e. The second kappa shape index (κ2) is 8.78. The number of amides is 2. The highest BCUT2D eigenvalue weighted by Gasteiger charge is 2.24. The molecule has 0 radical (unpaired) electrons. The van der Waals surface area contributed by atoms with E-state index in [9.17, 15) is 14.4 Å². The van der Waals surface area contributed by atoms with Gasteiger partial charge in [-0.2, -0.15) is 0 Å². The van der Waals surface area contributed by atoms with Crippen LogP contribution in [0, 0.1) is 0 Å². The fourth-order valence-electron chi connectivity index (χ4n) is 3.37. The van der Waals surface area contributed by atoms with Gasteiger partial charge >= 0.3 is 5.97 Å². The molecule has 2 heterocycles. The van der Waals surface area contributed by atoms with Crippen molar-refractivity contribution in [1.82, 2.24) is 10.3 Å². The summed E-state index contributed by atoms with van der Waals surface area (Å²) in [6.07, 6.45) is 2.02. The van der Waals surface area contributed by atoms with Gasteiger partial charge in [0.25, 0.3) is 5.91 Å². The molecule has 2 aromatic carbocycles. The Morgan fingerprint density at radius 2 is 1.94 bits per heavy atom. The van der Waals surface area contributed by atoms with Crippen molar-refractivity contribution < 1.29 is 28.6 Å². The quantitative estimate of drug-likeness (QED) is 0.501. The number of fused-ring (bicyclic) bond motifs is 2. The third-order valence-corrected chi connectivity index (χ3v) is 4.76. The molecule has 9 heteroatoms. The topological polar surface area (TPSA) is 119 Å².